The minimum absolute atomic E-state index is 0.0550. The molecule has 1 aliphatic heterocycles. The van der Waals surface area contributed by atoms with Crippen LogP contribution in [-0.2, 0) is 0 Å². The molecule has 1 fully saturated rings. The molecular formula is C5H7FN4O2. The topological polar surface area (TPSA) is 89.3 Å². The molecule has 0 spiro atoms. The number of likely N-dealkylation sites (tertiary alicyclic amines) is 1. The van der Waals surface area contributed by atoms with E-state index < -0.39 is 18.3 Å². The van der Waals surface area contributed by atoms with Gasteiger partial charge in [-0.25, -0.2) is 9.18 Å². The van der Waals surface area contributed by atoms with Crippen molar-refractivity contribution in [2.75, 3.05) is 13.1 Å². The van der Waals surface area contributed by atoms with E-state index >= 15 is 0 Å². The lowest BCUT2D eigenvalue weighted by Crippen LogP contribution is -2.27. The van der Waals surface area contributed by atoms with Gasteiger partial charge in [-0.05, 0) is 5.53 Å². The molecule has 0 unspecified atom stereocenters. The van der Waals surface area contributed by atoms with Gasteiger partial charge in [0.15, 0.2) is 0 Å². The second kappa shape index (κ2) is 3.27. The molecule has 0 bridgehead atoms. The van der Waals surface area contributed by atoms with Crippen molar-refractivity contribution in [1.82, 2.24) is 4.90 Å². The molecule has 1 heterocycles. The van der Waals surface area contributed by atoms with Gasteiger partial charge in [-0.3, -0.25) is 0 Å². The van der Waals surface area contributed by atoms with Crippen molar-refractivity contribution in [2.24, 2.45) is 5.11 Å². The minimum Gasteiger partial charge on any atom is -0.465 e. The first-order valence-corrected chi connectivity index (χ1v) is 3.31. The second-order valence-corrected chi connectivity index (χ2v) is 2.48. The molecule has 1 rings (SSSR count). The van der Waals surface area contributed by atoms with Gasteiger partial charge in [0.2, 0.25) is 0 Å². The summed E-state index contributed by atoms with van der Waals surface area (Å²) < 4.78 is 12.8. The van der Waals surface area contributed by atoms with Crippen LogP contribution in [0.1, 0.15) is 0 Å². The summed E-state index contributed by atoms with van der Waals surface area (Å²) in [6.45, 7) is -0.264. The van der Waals surface area contributed by atoms with E-state index in [2.05, 4.69) is 10.0 Å². The Kier molecular flexibility index (Phi) is 2.35. The third-order valence-corrected chi connectivity index (χ3v) is 1.69. The van der Waals surface area contributed by atoms with Crippen molar-refractivity contribution in [3.8, 4) is 0 Å². The highest BCUT2D eigenvalue weighted by molar-refractivity contribution is 5.65. The van der Waals surface area contributed by atoms with Gasteiger partial charge < -0.3 is 10.0 Å². The summed E-state index contributed by atoms with van der Waals surface area (Å²) in [6.07, 6.45) is -2.56. The van der Waals surface area contributed by atoms with E-state index in [9.17, 15) is 9.18 Å². The summed E-state index contributed by atoms with van der Waals surface area (Å²) in [6, 6.07) is -0.869. The minimum atomic E-state index is -1.38. The Morgan fingerprint density at radius 3 is 2.83 bits per heavy atom. The van der Waals surface area contributed by atoms with Crippen molar-refractivity contribution >= 4 is 6.09 Å². The molecule has 6 nitrogen and oxygen atoms in total. The zero-order valence-corrected chi connectivity index (χ0v) is 6.09. The number of amides is 1. The Balaban J connectivity index is 2.61. The third kappa shape index (κ3) is 1.57. The zero-order valence-electron chi connectivity index (χ0n) is 6.09. The number of carbonyl (C=O) groups is 1. The standard InChI is InChI=1S/C5H7FN4O2/c6-3-1-10(5(11)12)2-4(3)8-9-7/h3-4H,1-2H2,(H,11,12)/t3-,4+/m1/s1. The maximum atomic E-state index is 12.8. The smallest absolute Gasteiger partial charge is 0.407 e. The highest BCUT2D eigenvalue weighted by Gasteiger charge is 2.34. The Hall–Kier alpha value is -1.49. The molecule has 66 valence electrons. The number of hydrogen-bond donors (Lipinski definition) is 1. The van der Waals surface area contributed by atoms with E-state index in [0.717, 1.165) is 4.90 Å². The maximum Gasteiger partial charge on any atom is 0.407 e. The van der Waals surface area contributed by atoms with Gasteiger partial charge in [-0.1, -0.05) is 5.11 Å². The van der Waals surface area contributed by atoms with Crippen molar-refractivity contribution in [2.45, 2.75) is 12.2 Å². The summed E-state index contributed by atoms with van der Waals surface area (Å²) in [7, 11) is 0. The van der Waals surface area contributed by atoms with Crippen molar-refractivity contribution in [3.05, 3.63) is 10.4 Å². The number of nitrogens with zero attached hydrogens (tertiary/aromatic N) is 4. The van der Waals surface area contributed by atoms with Crippen molar-refractivity contribution < 1.29 is 14.3 Å². The van der Waals surface area contributed by atoms with E-state index in [4.69, 9.17) is 10.6 Å². The highest BCUT2D eigenvalue weighted by atomic mass is 19.1. The Labute approximate surface area is 67.2 Å². The van der Waals surface area contributed by atoms with Crippen LogP contribution in [0.25, 0.3) is 10.4 Å². The van der Waals surface area contributed by atoms with E-state index in [-0.39, 0.29) is 13.1 Å². The lowest BCUT2D eigenvalue weighted by atomic mass is 10.2. The molecule has 2 atom stereocenters. The molecule has 0 aromatic carbocycles. The fourth-order valence-electron chi connectivity index (χ4n) is 1.08. The predicted molar refractivity (Wildman–Crippen MR) is 37.4 cm³/mol. The van der Waals surface area contributed by atoms with E-state index in [1.165, 1.54) is 0 Å². The average Bonchev–Trinajstić information content (AvgIpc) is 2.34. The predicted octanol–water partition coefficient (Wildman–Crippen LogP) is 0.997. The first-order valence-electron chi connectivity index (χ1n) is 3.31. The van der Waals surface area contributed by atoms with Gasteiger partial charge in [-0.2, -0.15) is 0 Å². The van der Waals surface area contributed by atoms with Crippen LogP contribution in [0.2, 0.25) is 0 Å². The largest absolute Gasteiger partial charge is 0.465 e. The highest BCUT2D eigenvalue weighted by Crippen LogP contribution is 2.16. The number of rotatable bonds is 1. The molecule has 1 N–H and O–H groups in total. The monoisotopic (exact) mass is 174 g/mol. The van der Waals surface area contributed by atoms with Gasteiger partial charge >= 0.3 is 6.09 Å². The maximum absolute atomic E-state index is 12.8. The van der Waals surface area contributed by atoms with Crippen molar-refractivity contribution in [3.63, 3.8) is 0 Å². The molecule has 12 heavy (non-hydrogen) atoms. The van der Waals surface area contributed by atoms with E-state index in [0.29, 0.717) is 0 Å². The van der Waals surface area contributed by atoms with Gasteiger partial charge in [-0.15, -0.1) is 0 Å². The molecule has 0 saturated carbocycles. The number of hydrogen-bond acceptors (Lipinski definition) is 2. The summed E-state index contributed by atoms with van der Waals surface area (Å²) in [5, 5.41) is 11.6. The van der Waals surface area contributed by atoms with E-state index in [1.54, 1.807) is 0 Å². The molecule has 0 radical (unpaired) electrons. The van der Waals surface area contributed by atoms with Crippen LogP contribution in [0.3, 0.4) is 0 Å². The van der Waals surface area contributed by atoms with Gasteiger partial charge in [0.1, 0.15) is 6.17 Å². The molecule has 1 aliphatic rings. The van der Waals surface area contributed by atoms with Crippen LogP contribution in [0.4, 0.5) is 9.18 Å². The van der Waals surface area contributed by atoms with Gasteiger partial charge in [0.05, 0.1) is 12.6 Å². The SMILES string of the molecule is [N-]=[N+]=N[C@H]1CN(C(=O)O)C[C@H]1F. The fourth-order valence-corrected chi connectivity index (χ4v) is 1.08. The van der Waals surface area contributed by atoms with Crippen LogP contribution in [0.15, 0.2) is 5.11 Å². The summed E-state index contributed by atoms with van der Waals surface area (Å²) in [4.78, 5) is 13.6. The number of alkyl halides is 1. The lowest BCUT2D eigenvalue weighted by Gasteiger charge is -2.08. The van der Waals surface area contributed by atoms with E-state index in [1.807, 2.05) is 0 Å². The average molecular weight is 174 g/mol. The van der Waals surface area contributed by atoms with Crippen LogP contribution in [0.5, 0.6) is 0 Å². The van der Waals surface area contributed by atoms with Crippen LogP contribution in [-0.4, -0.2) is 41.4 Å². The lowest BCUT2D eigenvalue weighted by molar-refractivity contribution is 0.152. The first kappa shape index (κ1) is 8.61. The zero-order chi connectivity index (χ0) is 9.14. The summed E-state index contributed by atoms with van der Waals surface area (Å²) in [5.41, 5.74) is 8.00. The van der Waals surface area contributed by atoms with Gasteiger partial charge in [0, 0.05) is 11.5 Å². The summed E-state index contributed by atoms with van der Waals surface area (Å²) in [5.74, 6) is 0. The Morgan fingerprint density at radius 2 is 2.42 bits per heavy atom. The molecule has 0 aromatic rings. The molecule has 1 saturated heterocycles. The molecule has 1 amide bonds. The van der Waals surface area contributed by atoms with Crippen molar-refractivity contribution in [1.29, 1.82) is 0 Å². The number of azide groups is 1. The first-order chi connectivity index (χ1) is 5.65. The molecule has 0 aromatic heterocycles. The van der Waals surface area contributed by atoms with Crippen LogP contribution < -0.4 is 0 Å². The molecule has 7 heteroatoms. The number of halogens is 1. The molecular weight excluding hydrogens is 167 g/mol. The molecule has 0 aliphatic carbocycles. The quantitative estimate of drug-likeness (QED) is 0.365. The van der Waals surface area contributed by atoms with Gasteiger partial charge in [0.25, 0.3) is 0 Å². The number of carboxylic acid groups (broad SMARTS) is 1. The fraction of sp³-hybridized carbons (Fsp3) is 0.800. The normalized spacial score (nSPS) is 28.2. The third-order valence-electron chi connectivity index (χ3n) is 1.69. The van der Waals surface area contributed by atoms with Crippen LogP contribution >= 0.6 is 0 Å². The summed E-state index contributed by atoms with van der Waals surface area (Å²) >= 11 is 0. The van der Waals surface area contributed by atoms with Crippen LogP contribution in [0, 0.1) is 0 Å². The Morgan fingerprint density at radius 1 is 1.75 bits per heavy atom. The Bertz CT molecular complexity index is 240. The second-order valence-electron chi connectivity index (χ2n) is 2.48.